The third-order valence-electron chi connectivity index (χ3n) is 12.6. The number of benzene rings is 3. The standard InChI is InChI=1S/C49H59N11O8/c1-27-41(28(2)56-43(55-27)32-6-8-35-40(26-32)66-20-14-49(35)12-13-49)46(63)58-36(11-15-50)48(65)60(4)42-31-7-10-39(68-22-18-53)34(25-31)33-23-30(5-9-38(33)67-21-17-52)24-37(45(62)54-19-16-51)59-44(61)29(3)57-47(42)64/h5-10,23,25-26,29,36-37,42H,11-15,17-22,24,50,52-53H2,1-4H3,(H,54,62)(H,57,64)(H,58,63)(H,59,61)/t29-,36-,37-,42-/m0/s1. The fourth-order valence-electron chi connectivity index (χ4n) is 8.91. The number of nitrogens with two attached hydrogens (primary N) is 3. The number of hydrogen-bond acceptors (Lipinski definition) is 14. The topological polar surface area (TPSA) is 292 Å². The monoisotopic (exact) mass is 929 g/mol. The highest BCUT2D eigenvalue weighted by molar-refractivity contribution is 6.00. The summed E-state index contributed by atoms with van der Waals surface area (Å²) >= 11 is 0. The molecule has 3 heterocycles. The number of nitriles is 1. The molecule has 3 aliphatic rings. The summed E-state index contributed by atoms with van der Waals surface area (Å²) in [5.41, 5.74) is 22.7. The summed E-state index contributed by atoms with van der Waals surface area (Å²) in [7, 11) is 1.42. The van der Waals surface area contributed by atoms with Crippen LogP contribution in [0.5, 0.6) is 17.2 Å². The number of nitrogens with one attached hydrogen (secondary N) is 4. The van der Waals surface area contributed by atoms with E-state index >= 15 is 0 Å². The highest BCUT2D eigenvalue weighted by Gasteiger charge is 2.48. The molecular formula is C49H59N11O8. The minimum atomic E-state index is -1.41. The van der Waals surface area contributed by atoms with Crippen LogP contribution in [0.3, 0.4) is 0 Å². The molecule has 10 N–H and O–H groups in total. The molecule has 19 heteroatoms. The van der Waals surface area contributed by atoms with E-state index in [-0.39, 0.29) is 63.2 Å². The molecule has 4 aromatic rings. The van der Waals surface area contributed by atoms with Crippen molar-refractivity contribution in [2.24, 2.45) is 17.2 Å². The predicted molar refractivity (Wildman–Crippen MR) is 251 cm³/mol. The van der Waals surface area contributed by atoms with E-state index in [0.717, 1.165) is 30.6 Å². The number of fused-ring (bicyclic) bond motifs is 7. The lowest BCUT2D eigenvalue weighted by Gasteiger charge is -2.32. The third kappa shape index (κ3) is 10.5. The maximum absolute atomic E-state index is 14.8. The van der Waals surface area contributed by atoms with Crippen molar-refractivity contribution in [2.45, 2.75) is 82.5 Å². The maximum atomic E-state index is 14.8. The van der Waals surface area contributed by atoms with Crippen molar-refractivity contribution in [2.75, 3.05) is 53.0 Å². The van der Waals surface area contributed by atoms with Crippen molar-refractivity contribution in [3.05, 3.63) is 88.2 Å². The molecule has 19 nitrogen and oxygen atoms in total. The molecular weight excluding hydrogens is 871 g/mol. The quantitative estimate of drug-likeness (QED) is 0.0837. The molecule has 4 atom stereocenters. The normalized spacial score (nSPS) is 18.5. The SMILES string of the molecule is Cc1nc(-c2ccc3c(c2)OCCC32CC2)nc(C)c1C(=O)N[C@@H](CCN)C(=O)N(C)[C@@H]1C(=O)N[C@@H](C)C(=O)N[C@H](C(=O)NCC#N)Cc2ccc(OCCN)c(c2)-c2cc1ccc2OCCN. The number of carbonyl (C=O) groups excluding carboxylic acids is 5. The molecule has 1 fully saturated rings. The number of likely N-dealkylation sites (N-methyl/N-ethyl adjacent to an activating group) is 1. The second kappa shape index (κ2) is 21.2. The fraction of sp³-hybridized carbons (Fsp3) is 0.429. The molecule has 5 amide bonds. The molecule has 358 valence electrons. The Morgan fingerprint density at radius 1 is 0.912 bits per heavy atom. The summed E-state index contributed by atoms with van der Waals surface area (Å²) in [5, 5.41) is 20.0. The molecule has 1 aromatic heterocycles. The Labute approximate surface area is 394 Å². The molecule has 1 saturated carbocycles. The number of hydrogen-bond donors (Lipinski definition) is 7. The van der Waals surface area contributed by atoms with E-state index in [1.165, 1.54) is 24.4 Å². The predicted octanol–water partition coefficient (Wildman–Crippen LogP) is 1.75. The molecule has 7 rings (SSSR count). The van der Waals surface area contributed by atoms with Gasteiger partial charge in [0.2, 0.25) is 23.6 Å². The second-order valence-electron chi connectivity index (χ2n) is 17.4. The van der Waals surface area contributed by atoms with E-state index in [0.29, 0.717) is 57.6 Å². The number of rotatable bonds is 15. The lowest BCUT2D eigenvalue weighted by molar-refractivity contribution is -0.141. The van der Waals surface area contributed by atoms with Gasteiger partial charge >= 0.3 is 0 Å². The summed E-state index contributed by atoms with van der Waals surface area (Å²) in [5.74, 6) is -1.33. The van der Waals surface area contributed by atoms with Crippen LogP contribution in [0.4, 0.5) is 0 Å². The van der Waals surface area contributed by atoms with E-state index in [4.69, 9.17) is 41.4 Å². The van der Waals surface area contributed by atoms with Crippen molar-refractivity contribution < 1.29 is 38.2 Å². The van der Waals surface area contributed by atoms with Crippen molar-refractivity contribution in [3.63, 3.8) is 0 Å². The van der Waals surface area contributed by atoms with Gasteiger partial charge in [0, 0.05) is 54.2 Å². The van der Waals surface area contributed by atoms with Crippen molar-refractivity contribution >= 4 is 29.5 Å². The Balaban J connectivity index is 1.24. The number of nitrogens with zero attached hydrogens (tertiary/aromatic N) is 4. The van der Waals surface area contributed by atoms with Crippen LogP contribution < -0.4 is 52.7 Å². The average Bonchev–Trinajstić information content (AvgIpc) is 4.10. The first-order valence-electron chi connectivity index (χ1n) is 22.8. The highest BCUT2D eigenvalue weighted by Crippen LogP contribution is 2.56. The second-order valence-corrected chi connectivity index (χ2v) is 17.4. The molecule has 0 radical (unpaired) electrons. The number of amides is 5. The zero-order valence-corrected chi connectivity index (χ0v) is 38.8. The van der Waals surface area contributed by atoms with Crippen LogP contribution in [0.15, 0.2) is 54.6 Å². The van der Waals surface area contributed by atoms with Gasteiger partial charge in [-0.1, -0.05) is 24.3 Å². The minimum Gasteiger partial charge on any atom is -0.493 e. The Bertz CT molecular complexity index is 2610. The number of aromatic nitrogens is 2. The minimum absolute atomic E-state index is 0.000526. The van der Waals surface area contributed by atoms with Gasteiger partial charge in [0.05, 0.1) is 29.6 Å². The van der Waals surface area contributed by atoms with E-state index in [2.05, 4.69) is 27.3 Å². The molecule has 2 aliphatic heterocycles. The highest BCUT2D eigenvalue weighted by atomic mass is 16.5. The van der Waals surface area contributed by atoms with Crippen molar-refractivity contribution in [1.82, 2.24) is 36.1 Å². The fourth-order valence-corrected chi connectivity index (χ4v) is 8.91. The van der Waals surface area contributed by atoms with Crippen LogP contribution >= 0.6 is 0 Å². The van der Waals surface area contributed by atoms with Gasteiger partial charge in [-0.2, -0.15) is 5.26 Å². The van der Waals surface area contributed by atoms with Crippen LogP contribution in [-0.4, -0.2) is 116 Å². The number of carbonyl (C=O) groups is 5. The third-order valence-corrected chi connectivity index (χ3v) is 12.6. The summed E-state index contributed by atoms with van der Waals surface area (Å²) in [4.78, 5) is 81.4. The van der Waals surface area contributed by atoms with E-state index < -0.39 is 53.7 Å². The Hall–Kier alpha value is -7.14. The van der Waals surface area contributed by atoms with Crippen molar-refractivity contribution in [3.8, 4) is 45.8 Å². The molecule has 0 saturated heterocycles. The van der Waals surface area contributed by atoms with Crippen LogP contribution in [-0.2, 0) is 31.0 Å². The molecule has 0 unspecified atom stereocenters. The van der Waals surface area contributed by atoms with Gasteiger partial charge in [0.1, 0.15) is 61.2 Å². The molecule has 3 aromatic carbocycles. The average molecular weight is 930 g/mol. The zero-order valence-electron chi connectivity index (χ0n) is 38.8. The Morgan fingerprint density at radius 3 is 2.24 bits per heavy atom. The first-order valence-corrected chi connectivity index (χ1v) is 22.8. The van der Waals surface area contributed by atoms with Gasteiger partial charge < -0.3 is 57.6 Å². The lowest BCUT2D eigenvalue weighted by atomic mass is 9.89. The van der Waals surface area contributed by atoms with E-state index in [1.807, 2.05) is 18.2 Å². The molecule has 68 heavy (non-hydrogen) atoms. The molecule has 1 spiro atoms. The zero-order chi connectivity index (χ0) is 48.7. The summed E-state index contributed by atoms with van der Waals surface area (Å²) < 4.78 is 18.2. The maximum Gasteiger partial charge on any atom is 0.255 e. The lowest BCUT2D eigenvalue weighted by Crippen LogP contribution is -2.56. The molecule has 4 bridgehead atoms. The smallest absolute Gasteiger partial charge is 0.255 e. The Kier molecular flexibility index (Phi) is 15.2. The van der Waals surface area contributed by atoms with Gasteiger partial charge in [-0.3, -0.25) is 24.0 Å². The van der Waals surface area contributed by atoms with Crippen LogP contribution in [0.25, 0.3) is 22.5 Å². The van der Waals surface area contributed by atoms with E-state index in [9.17, 15) is 29.2 Å². The van der Waals surface area contributed by atoms with Crippen LogP contribution in [0, 0.1) is 25.2 Å². The van der Waals surface area contributed by atoms with Crippen LogP contribution in [0.2, 0.25) is 0 Å². The largest absolute Gasteiger partial charge is 0.493 e. The van der Waals surface area contributed by atoms with Gasteiger partial charge in [0.15, 0.2) is 5.82 Å². The first-order chi connectivity index (χ1) is 32.7. The summed E-state index contributed by atoms with van der Waals surface area (Å²) in [6.45, 7) is 5.85. The van der Waals surface area contributed by atoms with Gasteiger partial charge in [0.25, 0.3) is 5.91 Å². The number of aryl methyl sites for hydroxylation is 2. The van der Waals surface area contributed by atoms with Crippen LogP contribution in [0.1, 0.15) is 77.1 Å². The van der Waals surface area contributed by atoms with E-state index in [1.54, 1.807) is 50.2 Å². The summed E-state index contributed by atoms with van der Waals surface area (Å²) in [6, 6.07) is 13.0. The van der Waals surface area contributed by atoms with Crippen molar-refractivity contribution in [1.29, 1.82) is 5.26 Å². The number of ether oxygens (including phenoxy) is 3. The van der Waals surface area contributed by atoms with Gasteiger partial charge in [-0.05, 0) is 94.5 Å². The first kappa shape index (κ1) is 48.8. The van der Waals surface area contributed by atoms with Gasteiger partial charge in [-0.25, -0.2) is 9.97 Å². The summed E-state index contributed by atoms with van der Waals surface area (Å²) in [6.07, 6.45) is 3.29. The Morgan fingerprint density at radius 2 is 1.59 bits per heavy atom. The molecule has 1 aliphatic carbocycles. The van der Waals surface area contributed by atoms with Gasteiger partial charge in [-0.15, -0.1) is 0 Å².